The Kier molecular flexibility index (Phi) is 6.38. The first-order chi connectivity index (χ1) is 15.0. The highest BCUT2D eigenvalue weighted by Crippen LogP contribution is 2.40. The van der Waals surface area contributed by atoms with Crippen molar-refractivity contribution in [2.24, 2.45) is 5.92 Å². The number of ether oxygens (including phenoxy) is 1. The number of esters is 1. The van der Waals surface area contributed by atoms with Crippen molar-refractivity contribution in [1.29, 1.82) is 0 Å². The molecule has 0 saturated carbocycles. The second-order valence-electron chi connectivity index (χ2n) is 7.24. The minimum absolute atomic E-state index is 0.00150. The van der Waals surface area contributed by atoms with Gasteiger partial charge in [0, 0.05) is 4.88 Å². The lowest BCUT2D eigenvalue weighted by Gasteiger charge is -2.18. The fourth-order valence-electron chi connectivity index (χ4n) is 3.46. The van der Waals surface area contributed by atoms with Crippen molar-refractivity contribution in [2.75, 3.05) is 18.2 Å². The summed E-state index contributed by atoms with van der Waals surface area (Å²) in [4.78, 5) is 26.0. The van der Waals surface area contributed by atoms with Gasteiger partial charge in [0.05, 0.1) is 24.0 Å². The topological polar surface area (TPSA) is 94.3 Å². The van der Waals surface area contributed by atoms with E-state index in [0.717, 1.165) is 41.5 Å². The quantitative estimate of drug-likeness (QED) is 0.424. The van der Waals surface area contributed by atoms with Crippen LogP contribution in [0, 0.1) is 11.7 Å². The van der Waals surface area contributed by atoms with Gasteiger partial charge in [0.1, 0.15) is 10.8 Å². The normalized spacial score (nSPS) is 15.4. The molecule has 0 fully saturated rings. The summed E-state index contributed by atoms with van der Waals surface area (Å²) in [5, 5.41) is 11.2. The molecule has 4 rings (SSSR count). The van der Waals surface area contributed by atoms with E-state index in [1.165, 1.54) is 30.6 Å². The number of amides is 1. The number of methoxy groups -OCH3 is 1. The van der Waals surface area contributed by atoms with Gasteiger partial charge in [-0.05, 0) is 42.9 Å². The molecule has 2 aromatic heterocycles. The molecule has 0 radical (unpaired) electrons. The average molecular weight is 462 g/mol. The van der Waals surface area contributed by atoms with Crippen LogP contribution in [0.1, 0.15) is 34.1 Å². The molecule has 1 aliphatic carbocycles. The van der Waals surface area contributed by atoms with Gasteiger partial charge in [0.25, 0.3) is 11.1 Å². The molecule has 0 aliphatic heterocycles. The van der Waals surface area contributed by atoms with Gasteiger partial charge in [-0.3, -0.25) is 4.79 Å². The maximum Gasteiger partial charge on any atom is 0.341 e. The van der Waals surface area contributed by atoms with Gasteiger partial charge in [-0.1, -0.05) is 30.8 Å². The Morgan fingerprint density at radius 2 is 2.16 bits per heavy atom. The number of carbonyl (C=O) groups excluding carboxylic acids is 2. The van der Waals surface area contributed by atoms with E-state index < -0.39 is 11.8 Å². The van der Waals surface area contributed by atoms with Crippen LogP contribution in [0.3, 0.4) is 0 Å². The summed E-state index contributed by atoms with van der Waals surface area (Å²) in [6.07, 6.45) is 2.68. The van der Waals surface area contributed by atoms with E-state index >= 15 is 0 Å². The predicted octanol–water partition coefficient (Wildman–Crippen LogP) is 4.58. The maximum absolute atomic E-state index is 13.9. The van der Waals surface area contributed by atoms with Crippen LogP contribution in [0.4, 0.5) is 9.39 Å². The largest absolute Gasteiger partial charge is 0.465 e. The number of halogens is 1. The van der Waals surface area contributed by atoms with Gasteiger partial charge in [0.15, 0.2) is 0 Å². The molecule has 3 aromatic rings. The number of benzene rings is 1. The van der Waals surface area contributed by atoms with Crippen molar-refractivity contribution in [3.8, 4) is 11.5 Å². The minimum atomic E-state index is -0.466. The third-order valence-electron chi connectivity index (χ3n) is 4.99. The Morgan fingerprint density at radius 3 is 2.94 bits per heavy atom. The van der Waals surface area contributed by atoms with Crippen LogP contribution in [0.25, 0.3) is 11.5 Å². The van der Waals surface area contributed by atoms with Crippen molar-refractivity contribution < 1.29 is 23.1 Å². The van der Waals surface area contributed by atoms with E-state index in [9.17, 15) is 14.0 Å². The van der Waals surface area contributed by atoms with E-state index in [2.05, 4.69) is 22.4 Å². The molecule has 1 aliphatic rings. The summed E-state index contributed by atoms with van der Waals surface area (Å²) in [5.74, 6) is -0.634. The van der Waals surface area contributed by atoms with Gasteiger partial charge in [-0.25, -0.2) is 9.18 Å². The van der Waals surface area contributed by atoms with Crippen molar-refractivity contribution in [1.82, 2.24) is 10.2 Å². The smallest absolute Gasteiger partial charge is 0.341 e. The van der Waals surface area contributed by atoms with Crippen molar-refractivity contribution in [2.45, 2.75) is 31.4 Å². The first-order valence-corrected chi connectivity index (χ1v) is 11.5. The lowest BCUT2D eigenvalue weighted by molar-refractivity contribution is -0.113. The Bertz CT molecular complexity index is 1130. The molecule has 1 N–H and O–H groups in total. The molecule has 0 bridgehead atoms. The van der Waals surface area contributed by atoms with Crippen molar-refractivity contribution in [3.63, 3.8) is 0 Å². The summed E-state index contributed by atoms with van der Waals surface area (Å²) in [7, 11) is 1.34. The summed E-state index contributed by atoms with van der Waals surface area (Å²) in [6, 6.07) is 6.09. The number of thiophene rings is 1. The van der Waals surface area contributed by atoms with Crippen molar-refractivity contribution in [3.05, 3.63) is 46.1 Å². The molecule has 7 nitrogen and oxygen atoms in total. The number of nitrogens with one attached hydrogen (secondary N) is 1. The third kappa shape index (κ3) is 4.64. The summed E-state index contributed by atoms with van der Waals surface area (Å²) in [5.41, 5.74) is 1.63. The number of nitrogens with zero attached hydrogens (tertiary/aromatic N) is 2. The predicted molar refractivity (Wildman–Crippen MR) is 116 cm³/mol. The second-order valence-corrected chi connectivity index (χ2v) is 9.27. The Labute approximate surface area is 186 Å². The zero-order chi connectivity index (χ0) is 22.0. The Morgan fingerprint density at radius 1 is 1.35 bits per heavy atom. The fraction of sp³-hybridized carbons (Fsp3) is 0.333. The van der Waals surface area contributed by atoms with E-state index in [0.29, 0.717) is 16.5 Å². The SMILES string of the molecule is COC(=O)c1c(NC(=O)CSc2nnc(-c3ccccc3F)o2)sc2c1CCC(C)C2. The third-order valence-corrected chi connectivity index (χ3v) is 6.98. The first-order valence-electron chi connectivity index (χ1n) is 9.70. The number of carbonyl (C=O) groups is 2. The Hall–Kier alpha value is -2.72. The first kappa shape index (κ1) is 21.5. The van der Waals surface area contributed by atoms with Crippen LogP contribution in [0.5, 0.6) is 0 Å². The van der Waals surface area contributed by atoms with Crippen LogP contribution in [-0.2, 0) is 22.4 Å². The molecule has 1 unspecified atom stereocenters. The zero-order valence-corrected chi connectivity index (χ0v) is 18.6. The van der Waals surface area contributed by atoms with Crippen molar-refractivity contribution >= 4 is 40.0 Å². The molecule has 0 spiro atoms. The van der Waals surface area contributed by atoms with Crippen LogP contribution in [0.2, 0.25) is 0 Å². The summed E-state index contributed by atoms with van der Waals surface area (Å²) < 4.78 is 24.3. The number of aromatic nitrogens is 2. The van der Waals surface area contributed by atoms with E-state index in [1.807, 2.05) is 0 Å². The molecular weight excluding hydrogens is 441 g/mol. The average Bonchev–Trinajstić information content (AvgIpc) is 3.36. The van der Waals surface area contributed by atoms with Gasteiger partial charge < -0.3 is 14.5 Å². The highest BCUT2D eigenvalue weighted by molar-refractivity contribution is 7.99. The van der Waals surface area contributed by atoms with Gasteiger partial charge in [0.2, 0.25) is 5.91 Å². The monoisotopic (exact) mass is 461 g/mol. The van der Waals surface area contributed by atoms with Crippen LogP contribution < -0.4 is 5.32 Å². The standard InChI is InChI=1S/C21H20FN3O4S2/c1-11-7-8-13-15(9-11)31-19(17(13)20(27)28-2)23-16(26)10-30-21-25-24-18(29-21)12-5-3-4-6-14(12)22/h3-6,11H,7-10H2,1-2H3,(H,23,26). The number of anilines is 1. The minimum Gasteiger partial charge on any atom is -0.465 e. The van der Waals surface area contributed by atoms with Crippen LogP contribution >= 0.6 is 23.1 Å². The number of thioether (sulfide) groups is 1. The molecule has 31 heavy (non-hydrogen) atoms. The highest BCUT2D eigenvalue weighted by atomic mass is 32.2. The zero-order valence-electron chi connectivity index (χ0n) is 16.9. The van der Waals surface area contributed by atoms with Gasteiger partial charge in [-0.2, -0.15) is 0 Å². The number of hydrogen-bond donors (Lipinski definition) is 1. The second kappa shape index (κ2) is 9.19. The lowest BCUT2D eigenvalue weighted by Crippen LogP contribution is -2.17. The van der Waals surface area contributed by atoms with E-state index in [1.54, 1.807) is 12.1 Å². The number of hydrogen-bond acceptors (Lipinski definition) is 8. The maximum atomic E-state index is 13.9. The lowest BCUT2D eigenvalue weighted by atomic mass is 9.88. The van der Waals surface area contributed by atoms with Gasteiger partial charge >= 0.3 is 5.97 Å². The summed E-state index contributed by atoms with van der Waals surface area (Å²) in [6.45, 7) is 2.18. The van der Waals surface area contributed by atoms with Gasteiger partial charge in [-0.15, -0.1) is 21.5 Å². The molecule has 1 amide bonds. The molecule has 0 saturated heterocycles. The molecule has 162 valence electrons. The Balaban J connectivity index is 1.44. The number of rotatable bonds is 6. The summed E-state index contributed by atoms with van der Waals surface area (Å²) >= 11 is 2.47. The molecule has 1 aromatic carbocycles. The van der Waals surface area contributed by atoms with Crippen LogP contribution in [-0.4, -0.2) is 34.9 Å². The fourth-order valence-corrected chi connectivity index (χ4v) is 5.44. The van der Waals surface area contributed by atoms with E-state index in [4.69, 9.17) is 9.15 Å². The highest BCUT2D eigenvalue weighted by Gasteiger charge is 2.29. The van der Waals surface area contributed by atoms with E-state index in [-0.39, 0.29) is 28.3 Å². The van der Waals surface area contributed by atoms with Crippen LogP contribution in [0.15, 0.2) is 33.9 Å². The number of fused-ring (bicyclic) bond motifs is 1. The molecular formula is C21H20FN3O4S2. The molecule has 10 heteroatoms. The molecule has 1 atom stereocenters. The molecule has 2 heterocycles.